The van der Waals surface area contributed by atoms with Gasteiger partial charge in [-0.2, -0.15) is 13.2 Å². The molecule has 0 aromatic heterocycles. The zero-order valence-electron chi connectivity index (χ0n) is 14.8. The van der Waals surface area contributed by atoms with Crippen LogP contribution in [0.15, 0.2) is 53.4 Å². The minimum atomic E-state index is -4.35. The quantitative estimate of drug-likeness (QED) is 0.743. The van der Waals surface area contributed by atoms with Gasteiger partial charge >= 0.3 is 5.51 Å². The number of nitrogens with one attached hydrogen (secondary N) is 1. The van der Waals surface area contributed by atoms with Crippen LogP contribution < -0.4 is 10.2 Å². The van der Waals surface area contributed by atoms with Crippen molar-refractivity contribution in [3.63, 3.8) is 0 Å². The molecule has 2 aromatic carbocycles. The van der Waals surface area contributed by atoms with E-state index >= 15 is 0 Å². The lowest BCUT2D eigenvalue weighted by Crippen LogP contribution is -2.37. The van der Waals surface area contributed by atoms with Crippen LogP contribution >= 0.6 is 11.8 Å². The second-order valence-electron chi connectivity index (χ2n) is 6.44. The van der Waals surface area contributed by atoms with E-state index in [0.717, 1.165) is 31.5 Å². The predicted octanol–water partition coefficient (Wildman–Crippen LogP) is 4.76. The number of carbonyl (C=O) groups is 1. The molecule has 0 spiro atoms. The normalized spacial score (nSPS) is 14.4. The van der Waals surface area contributed by atoms with Crippen molar-refractivity contribution in [1.82, 2.24) is 5.32 Å². The molecule has 3 nitrogen and oxygen atoms in total. The van der Waals surface area contributed by atoms with Crippen molar-refractivity contribution < 1.29 is 18.0 Å². The Morgan fingerprint density at radius 2 is 1.81 bits per heavy atom. The number of anilines is 1. The first-order valence-electron chi connectivity index (χ1n) is 8.85. The predicted molar refractivity (Wildman–Crippen MR) is 102 cm³/mol. The van der Waals surface area contributed by atoms with Gasteiger partial charge in [0, 0.05) is 23.7 Å². The highest BCUT2D eigenvalue weighted by molar-refractivity contribution is 8.00. The molecule has 1 aliphatic rings. The molecule has 0 bridgehead atoms. The zero-order chi connectivity index (χ0) is 19.3. The monoisotopic (exact) mass is 394 g/mol. The summed E-state index contributed by atoms with van der Waals surface area (Å²) < 4.78 is 38.0. The van der Waals surface area contributed by atoms with Gasteiger partial charge in [-0.1, -0.05) is 36.4 Å². The average molecular weight is 394 g/mol. The summed E-state index contributed by atoms with van der Waals surface area (Å²) in [5, 5.41) is 2.76. The van der Waals surface area contributed by atoms with E-state index in [-0.39, 0.29) is 35.7 Å². The molecule has 0 saturated heterocycles. The Kier molecular flexibility index (Phi) is 6.31. The van der Waals surface area contributed by atoms with E-state index < -0.39 is 5.51 Å². The number of fused-ring (bicyclic) bond motifs is 1. The summed E-state index contributed by atoms with van der Waals surface area (Å²) in [4.78, 5) is 14.6. The lowest BCUT2D eigenvalue weighted by molar-refractivity contribution is -0.119. The number of carbonyl (C=O) groups excluding carboxylic acids is 1. The number of para-hydroxylation sites is 1. The number of hydrogen-bond acceptors (Lipinski definition) is 3. The van der Waals surface area contributed by atoms with Gasteiger partial charge in [-0.25, -0.2) is 0 Å². The van der Waals surface area contributed by atoms with E-state index in [1.54, 1.807) is 18.2 Å². The number of rotatable bonds is 5. The maximum Gasteiger partial charge on any atom is 0.446 e. The third kappa shape index (κ3) is 5.66. The van der Waals surface area contributed by atoms with Gasteiger partial charge in [0.15, 0.2) is 0 Å². The number of amides is 1. The van der Waals surface area contributed by atoms with Crippen LogP contribution in [-0.2, 0) is 17.8 Å². The van der Waals surface area contributed by atoms with E-state index in [1.807, 2.05) is 23.1 Å². The lowest BCUT2D eigenvalue weighted by Gasteiger charge is -2.24. The van der Waals surface area contributed by atoms with Crippen molar-refractivity contribution in [1.29, 1.82) is 0 Å². The Balaban J connectivity index is 1.63. The molecule has 2 aromatic rings. The Labute approximate surface area is 160 Å². The molecule has 1 N–H and O–H groups in total. The SMILES string of the molecule is O=C(CN1CCCCc2ccccc21)NCc1ccccc1SC(F)(F)F. The average Bonchev–Trinajstić information content (AvgIpc) is 2.82. The summed E-state index contributed by atoms with van der Waals surface area (Å²) in [6, 6.07) is 14.3. The van der Waals surface area contributed by atoms with Gasteiger partial charge in [-0.3, -0.25) is 4.79 Å². The fourth-order valence-corrected chi connectivity index (χ4v) is 3.90. The Hall–Kier alpha value is -2.15. The molecular formula is C20H21F3N2OS. The number of alkyl halides is 3. The molecule has 0 fully saturated rings. The minimum absolute atomic E-state index is 0.0770. The van der Waals surface area contributed by atoms with E-state index in [4.69, 9.17) is 0 Å². The van der Waals surface area contributed by atoms with Crippen LogP contribution in [0.3, 0.4) is 0 Å². The van der Waals surface area contributed by atoms with Gasteiger partial charge in [0.2, 0.25) is 5.91 Å². The van der Waals surface area contributed by atoms with Crippen LogP contribution in [0.2, 0.25) is 0 Å². The highest BCUT2D eigenvalue weighted by Crippen LogP contribution is 2.38. The van der Waals surface area contributed by atoms with Gasteiger partial charge in [-0.05, 0) is 54.3 Å². The van der Waals surface area contributed by atoms with Crippen LogP contribution in [0.5, 0.6) is 0 Å². The molecule has 1 amide bonds. The summed E-state index contributed by atoms with van der Waals surface area (Å²) in [7, 11) is 0. The second-order valence-corrected chi connectivity index (χ2v) is 7.55. The maximum atomic E-state index is 12.7. The number of hydrogen-bond donors (Lipinski definition) is 1. The van der Waals surface area contributed by atoms with Crippen molar-refractivity contribution in [3.8, 4) is 0 Å². The van der Waals surface area contributed by atoms with Gasteiger partial charge in [-0.15, -0.1) is 0 Å². The van der Waals surface area contributed by atoms with E-state index in [2.05, 4.69) is 11.4 Å². The largest absolute Gasteiger partial charge is 0.446 e. The third-order valence-corrected chi connectivity index (χ3v) is 5.31. The summed E-state index contributed by atoms with van der Waals surface area (Å²) in [5.41, 5.74) is -1.59. The molecule has 7 heteroatoms. The van der Waals surface area contributed by atoms with Crippen LogP contribution in [0.25, 0.3) is 0 Å². The molecule has 0 radical (unpaired) electrons. The topological polar surface area (TPSA) is 32.3 Å². The van der Waals surface area contributed by atoms with Gasteiger partial charge in [0.1, 0.15) is 0 Å². The number of aryl methyl sites for hydroxylation is 1. The Morgan fingerprint density at radius 3 is 2.63 bits per heavy atom. The van der Waals surface area contributed by atoms with Crippen molar-refractivity contribution in [2.24, 2.45) is 0 Å². The highest BCUT2D eigenvalue weighted by Gasteiger charge is 2.30. The van der Waals surface area contributed by atoms with E-state index in [1.165, 1.54) is 11.6 Å². The van der Waals surface area contributed by atoms with Gasteiger partial charge < -0.3 is 10.2 Å². The number of nitrogens with zero attached hydrogens (tertiary/aromatic N) is 1. The molecule has 1 aliphatic heterocycles. The van der Waals surface area contributed by atoms with E-state index in [0.29, 0.717) is 5.56 Å². The second kappa shape index (κ2) is 8.69. The minimum Gasteiger partial charge on any atom is -0.362 e. The number of thioether (sulfide) groups is 1. The third-order valence-electron chi connectivity index (χ3n) is 4.47. The van der Waals surface area contributed by atoms with Crippen molar-refractivity contribution in [3.05, 3.63) is 59.7 Å². The Bertz CT molecular complexity index is 795. The first-order chi connectivity index (χ1) is 12.9. The molecule has 27 heavy (non-hydrogen) atoms. The first-order valence-corrected chi connectivity index (χ1v) is 9.67. The number of benzene rings is 2. The van der Waals surface area contributed by atoms with Crippen molar-refractivity contribution in [2.75, 3.05) is 18.0 Å². The van der Waals surface area contributed by atoms with Crippen molar-refractivity contribution in [2.45, 2.75) is 36.2 Å². The zero-order valence-corrected chi connectivity index (χ0v) is 15.6. The fraction of sp³-hybridized carbons (Fsp3) is 0.350. The first kappa shape index (κ1) is 19.6. The summed E-state index contributed by atoms with van der Waals surface area (Å²) >= 11 is -0.154. The van der Waals surface area contributed by atoms with Gasteiger partial charge in [0.05, 0.1) is 6.54 Å². The van der Waals surface area contributed by atoms with Crippen LogP contribution in [0.1, 0.15) is 24.0 Å². The van der Waals surface area contributed by atoms with Crippen LogP contribution in [0.4, 0.5) is 18.9 Å². The summed E-state index contributed by atoms with van der Waals surface area (Å²) in [6.45, 7) is 1.07. The van der Waals surface area contributed by atoms with Crippen LogP contribution in [0, 0.1) is 0 Å². The molecule has 1 heterocycles. The molecule has 0 saturated carbocycles. The summed E-state index contributed by atoms with van der Waals surface area (Å²) in [5.74, 6) is -0.196. The summed E-state index contributed by atoms with van der Waals surface area (Å²) in [6.07, 6.45) is 3.08. The standard InChI is InChI=1S/C20H21F3N2OS/c21-20(22,23)27-18-11-4-2-9-16(18)13-24-19(26)14-25-12-6-5-8-15-7-1-3-10-17(15)25/h1-4,7,9-11H,5-6,8,12-14H2,(H,24,26). The van der Waals surface area contributed by atoms with Gasteiger partial charge in [0.25, 0.3) is 0 Å². The van der Waals surface area contributed by atoms with Crippen LogP contribution in [-0.4, -0.2) is 24.5 Å². The molecule has 0 atom stereocenters. The lowest BCUT2D eigenvalue weighted by atomic mass is 10.1. The van der Waals surface area contributed by atoms with Crippen molar-refractivity contribution >= 4 is 23.4 Å². The molecule has 0 aliphatic carbocycles. The molecule has 0 unspecified atom stereocenters. The fourth-order valence-electron chi connectivity index (χ4n) is 3.23. The highest BCUT2D eigenvalue weighted by atomic mass is 32.2. The Morgan fingerprint density at radius 1 is 1.07 bits per heavy atom. The maximum absolute atomic E-state index is 12.7. The van der Waals surface area contributed by atoms with E-state index in [9.17, 15) is 18.0 Å². The smallest absolute Gasteiger partial charge is 0.362 e. The number of halogens is 3. The molecular weight excluding hydrogens is 373 g/mol. The molecule has 144 valence electrons. The molecule has 3 rings (SSSR count).